The molecular weight excluding hydrogens is 472 g/mol. The maximum atomic E-state index is 11.5. The minimum Gasteiger partial charge on any atom is -0.444 e. The van der Waals surface area contributed by atoms with Gasteiger partial charge in [-0.2, -0.15) is 5.26 Å². The number of nitrogens with zero attached hydrogens (tertiary/aromatic N) is 1. The molecule has 0 saturated heterocycles. The molecule has 0 radical (unpaired) electrons. The summed E-state index contributed by atoms with van der Waals surface area (Å²) in [6, 6.07) is 13.7. The number of nitriles is 1. The van der Waals surface area contributed by atoms with Crippen LogP contribution < -0.4 is 5.32 Å². The number of alkyl carbamates (subject to hydrolysis) is 1. The lowest BCUT2D eigenvalue weighted by Crippen LogP contribution is -2.32. The van der Waals surface area contributed by atoms with Gasteiger partial charge in [0, 0.05) is 15.5 Å². The van der Waals surface area contributed by atoms with Crippen LogP contribution in [0.25, 0.3) is 0 Å². The van der Waals surface area contributed by atoms with Crippen LogP contribution in [0.3, 0.4) is 0 Å². The summed E-state index contributed by atoms with van der Waals surface area (Å²) in [5, 5.41) is 11.3. The lowest BCUT2D eigenvalue weighted by molar-refractivity contribution is 0.0523. The van der Waals surface area contributed by atoms with Gasteiger partial charge in [-0.1, -0.05) is 44.0 Å². The van der Waals surface area contributed by atoms with Crippen LogP contribution in [-0.2, 0) is 11.3 Å². The van der Waals surface area contributed by atoms with Crippen LogP contribution in [0.5, 0.6) is 0 Å². The van der Waals surface area contributed by atoms with Crippen LogP contribution in [0, 0.1) is 25.2 Å². The van der Waals surface area contributed by atoms with Crippen molar-refractivity contribution in [2.45, 2.75) is 46.8 Å². The smallest absolute Gasteiger partial charge is 0.407 e. The van der Waals surface area contributed by atoms with Crippen LogP contribution in [0.15, 0.2) is 45.3 Å². The van der Waals surface area contributed by atoms with Crippen molar-refractivity contribution in [3.8, 4) is 6.07 Å². The molecule has 27 heavy (non-hydrogen) atoms. The average molecular weight is 496 g/mol. The van der Waals surface area contributed by atoms with Crippen LogP contribution in [-0.4, -0.2) is 11.7 Å². The first-order valence-corrected chi connectivity index (χ1v) is 9.98. The van der Waals surface area contributed by atoms with Crippen LogP contribution in [0.2, 0.25) is 0 Å². The first-order chi connectivity index (χ1) is 12.5. The van der Waals surface area contributed by atoms with Crippen LogP contribution in [0.1, 0.15) is 43.0 Å². The van der Waals surface area contributed by atoms with E-state index in [1.165, 1.54) is 0 Å². The highest BCUT2D eigenvalue weighted by molar-refractivity contribution is 9.10. The maximum Gasteiger partial charge on any atom is 0.407 e. The van der Waals surface area contributed by atoms with E-state index in [1.807, 2.05) is 71.0 Å². The number of carbonyl (C=O) groups is 1. The Balaban J connectivity index is 0.000000309. The minimum atomic E-state index is -0.462. The zero-order valence-corrected chi connectivity index (χ0v) is 19.4. The summed E-state index contributed by atoms with van der Waals surface area (Å²) in [7, 11) is 0. The van der Waals surface area contributed by atoms with Crippen LogP contribution in [0.4, 0.5) is 4.79 Å². The molecule has 0 saturated carbocycles. The molecule has 0 aliphatic carbocycles. The molecule has 0 bridgehead atoms. The van der Waals surface area contributed by atoms with Gasteiger partial charge in [0.25, 0.3) is 0 Å². The number of amides is 1. The van der Waals surface area contributed by atoms with Gasteiger partial charge < -0.3 is 10.1 Å². The molecule has 0 fully saturated rings. The third-order valence-electron chi connectivity index (χ3n) is 3.45. The summed E-state index contributed by atoms with van der Waals surface area (Å²) in [4.78, 5) is 11.5. The molecule has 4 nitrogen and oxygen atoms in total. The van der Waals surface area contributed by atoms with Crippen molar-refractivity contribution in [1.82, 2.24) is 5.32 Å². The van der Waals surface area contributed by atoms with Crippen molar-refractivity contribution in [3.05, 3.63) is 67.6 Å². The lowest BCUT2D eigenvalue weighted by atomic mass is 10.1. The molecule has 1 N–H and O–H groups in total. The Morgan fingerprint density at radius 2 is 1.63 bits per heavy atom. The van der Waals surface area contributed by atoms with Crippen molar-refractivity contribution in [3.63, 3.8) is 0 Å². The Morgan fingerprint density at radius 1 is 1.07 bits per heavy atom. The molecule has 1 amide bonds. The standard InChI is InChI=1S/C13H18BrNO2.C8H6BrN/c1-9-5-6-11(14)7-10(9)8-15-12(16)17-13(2,3)4;1-6-2-3-8(9)4-7(6)5-10/h5-7H,8H2,1-4H3,(H,15,16);2-4H,1H3. The van der Waals surface area contributed by atoms with E-state index >= 15 is 0 Å². The van der Waals surface area contributed by atoms with Gasteiger partial charge in [0.1, 0.15) is 5.60 Å². The fraction of sp³-hybridized carbons (Fsp3) is 0.333. The predicted octanol–water partition coefficient (Wildman–Crippen LogP) is 6.41. The number of hydrogen-bond acceptors (Lipinski definition) is 3. The van der Waals surface area contributed by atoms with Crippen molar-refractivity contribution in [2.24, 2.45) is 0 Å². The summed E-state index contributed by atoms with van der Waals surface area (Å²) < 4.78 is 7.12. The number of rotatable bonds is 2. The Morgan fingerprint density at radius 3 is 2.15 bits per heavy atom. The number of benzene rings is 2. The quantitative estimate of drug-likeness (QED) is 0.523. The summed E-state index contributed by atoms with van der Waals surface area (Å²) in [5.41, 5.74) is 3.51. The van der Waals surface area contributed by atoms with E-state index in [0.717, 1.165) is 31.2 Å². The average Bonchev–Trinajstić information content (AvgIpc) is 2.57. The highest BCUT2D eigenvalue weighted by atomic mass is 79.9. The molecule has 0 heterocycles. The SMILES string of the molecule is Cc1ccc(Br)cc1C#N.Cc1ccc(Br)cc1CNC(=O)OC(C)(C)C. The fourth-order valence-corrected chi connectivity index (χ4v) is 2.80. The fourth-order valence-electron chi connectivity index (χ4n) is 2.03. The molecule has 0 unspecified atom stereocenters. The summed E-state index contributed by atoms with van der Waals surface area (Å²) >= 11 is 6.69. The number of nitrogens with one attached hydrogen (secondary N) is 1. The number of aryl methyl sites for hydroxylation is 2. The van der Waals surface area contributed by atoms with Gasteiger partial charge in [-0.05, 0) is 75.6 Å². The maximum absolute atomic E-state index is 11.5. The van der Waals surface area contributed by atoms with Crippen molar-refractivity contribution >= 4 is 38.0 Å². The molecule has 0 aliphatic heterocycles. The molecule has 144 valence electrons. The Hall–Kier alpha value is -1.84. The van der Waals surface area contributed by atoms with E-state index < -0.39 is 11.7 Å². The molecule has 2 aromatic carbocycles. The van der Waals surface area contributed by atoms with Gasteiger partial charge >= 0.3 is 6.09 Å². The van der Waals surface area contributed by atoms with Gasteiger partial charge in [0.05, 0.1) is 11.6 Å². The zero-order chi connectivity index (χ0) is 20.6. The van der Waals surface area contributed by atoms with Gasteiger partial charge in [-0.25, -0.2) is 4.79 Å². The Labute approximate surface area is 178 Å². The third kappa shape index (κ3) is 9.07. The van der Waals surface area contributed by atoms with E-state index in [4.69, 9.17) is 10.00 Å². The van der Waals surface area contributed by atoms with Gasteiger partial charge in [-0.3, -0.25) is 0 Å². The molecular formula is C21H24Br2N2O2. The highest BCUT2D eigenvalue weighted by Gasteiger charge is 2.15. The molecule has 2 rings (SSSR count). The molecule has 0 atom stereocenters. The monoisotopic (exact) mass is 494 g/mol. The number of ether oxygens (including phenoxy) is 1. The summed E-state index contributed by atoms with van der Waals surface area (Å²) in [6.45, 7) is 9.94. The Bertz CT molecular complexity index is 837. The van der Waals surface area contributed by atoms with E-state index in [2.05, 4.69) is 43.2 Å². The number of halogens is 2. The van der Waals surface area contributed by atoms with E-state index in [9.17, 15) is 4.79 Å². The molecule has 0 spiro atoms. The normalized spacial score (nSPS) is 10.3. The second kappa shape index (κ2) is 10.5. The van der Waals surface area contributed by atoms with Crippen molar-refractivity contribution in [2.75, 3.05) is 0 Å². The molecule has 6 heteroatoms. The van der Waals surface area contributed by atoms with Gasteiger partial charge in [-0.15, -0.1) is 0 Å². The predicted molar refractivity (Wildman–Crippen MR) is 116 cm³/mol. The van der Waals surface area contributed by atoms with E-state index in [0.29, 0.717) is 6.54 Å². The van der Waals surface area contributed by atoms with E-state index in [-0.39, 0.29) is 0 Å². The summed E-state index contributed by atoms with van der Waals surface area (Å²) in [5.74, 6) is 0. The van der Waals surface area contributed by atoms with E-state index in [1.54, 1.807) is 0 Å². The first-order valence-electron chi connectivity index (χ1n) is 8.40. The van der Waals surface area contributed by atoms with Gasteiger partial charge in [0.2, 0.25) is 0 Å². The third-order valence-corrected chi connectivity index (χ3v) is 4.44. The second-order valence-electron chi connectivity index (χ2n) is 7.00. The lowest BCUT2D eigenvalue weighted by Gasteiger charge is -2.20. The highest BCUT2D eigenvalue weighted by Crippen LogP contribution is 2.16. The number of hydrogen-bond donors (Lipinski definition) is 1. The molecule has 2 aromatic rings. The number of carbonyl (C=O) groups excluding carboxylic acids is 1. The molecule has 0 aromatic heterocycles. The molecule has 0 aliphatic rings. The largest absolute Gasteiger partial charge is 0.444 e. The van der Waals surface area contributed by atoms with Crippen LogP contribution >= 0.6 is 31.9 Å². The van der Waals surface area contributed by atoms with Crippen molar-refractivity contribution < 1.29 is 9.53 Å². The van der Waals surface area contributed by atoms with Gasteiger partial charge in [0.15, 0.2) is 0 Å². The second-order valence-corrected chi connectivity index (χ2v) is 8.83. The zero-order valence-electron chi connectivity index (χ0n) is 16.2. The topological polar surface area (TPSA) is 62.1 Å². The first kappa shape index (κ1) is 23.2. The van der Waals surface area contributed by atoms with Crippen molar-refractivity contribution in [1.29, 1.82) is 5.26 Å². The Kier molecular flexibility index (Phi) is 9.01. The summed E-state index contributed by atoms with van der Waals surface area (Å²) in [6.07, 6.45) is -0.392. The minimum absolute atomic E-state index is 0.392.